The topological polar surface area (TPSA) is 72.6 Å². The molecular formula is C9H12ClN7S. The summed E-state index contributed by atoms with van der Waals surface area (Å²) >= 11 is 7.65. The lowest BCUT2D eigenvalue weighted by molar-refractivity contribution is 0.779. The maximum atomic E-state index is 5.89. The second-order valence-electron chi connectivity index (χ2n) is 3.46. The number of halogens is 1. The summed E-state index contributed by atoms with van der Waals surface area (Å²) in [6.45, 7) is 0.832. The lowest BCUT2D eigenvalue weighted by Crippen LogP contribution is -2.23. The second kappa shape index (κ2) is 5.96. The van der Waals surface area contributed by atoms with Crippen molar-refractivity contribution in [3.05, 3.63) is 17.9 Å². The maximum absolute atomic E-state index is 5.89. The fourth-order valence-corrected chi connectivity index (χ4v) is 1.85. The molecule has 9 heteroatoms. The molecule has 0 aliphatic carbocycles. The van der Waals surface area contributed by atoms with Gasteiger partial charge < -0.3 is 4.90 Å². The van der Waals surface area contributed by atoms with Gasteiger partial charge in [0.2, 0.25) is 11.2 Å². The highest BCUT2D eigenvalue weighted by molar-refractivity contribution is 7.98. The zero-order chi connectivity index (χ0) is 13.0. The smallest absolute Gasteiger partial charge is 0.258 e. The molecule has 7 nitrogen and oxygen atoms in total. The van der Waals surface area contributed by atoms with E-state index < -0.39 is 0 Å². The minimum Gasteiger partial charge on any atom is -0.343 e. The lowest BCUT2D eigenvalue weighted by Gasteiger charge is -2.16. The third-order valence-corrected chi connectivity index (χ3v) is 2.94. The van der Waals surface area contributed by atoms with Gasteiger partial charge in [0.25, 0.3) is 5.95 Å². The van der Waals surface area contributed by atoms with E-state index in [9.17, 15) is 0 Å². The molecule has 0 aliphatic heterocycles. The molecule has 0 atom stereocenters. The number of anilines is 1. The van der Waals surface area contributed by atoms with E-state index in [4.69, 9.17) is 11.6 Å². The summed E-state index contributed by atoms with van der Waals surface area (Å²) in [6, 6.07) is 0. The van der Waals surface area contributed by atoms with E-state index in [1.165, 1.54) is 17.3 Å². The van der Waals surface area contributed by atoms with E-state index in [0.29, 0.717) is 11.9 Å². The predicted octanol–water partition coefficient (Wildman–Crippen LogP) is 0.905. The molecule has 0 spiro atoms. The molecule has 0 aliphatic rings. The molecule has 2 rings (SSSR count). The van der Waals surface area contributed by atoms with Gasteiger partial charge in [0.1, 0.15) is 12.7 Å². The van der Waals surface area contributed by atoms with Crippen LogP contribution < -0.4 is 4.90 Å². The molecule has 0 N–H and O–H groups in total. The van der Waals surface area contributed by atoms with Crippen LogP contribution >= 0.6 is 23.4 Å². The highest BCUT2D eigenvalue weighted by Gasteiger charge is 2.10. The van der Waals surface area contributed by atoms with Gasteiger partial charge in [-0.25, -0.2) is 4.98 Å². The second-order valence-corrected chi connectivity index (χ2v) is 4.78. The molecule has 0 unspecified atom stereocenters. The zero-order valence-corrected chi connectivity index (χ0v) is 11.6. The van der Waals surface area contributed by atoms with Gasteiger partial charge in [-0.2, -0.15) is 36.5 Å². The molecule has 0 amide bonds. The quantitative estimate of drug-likeness (QED) is 0.808. The predicted molar refractivity (Wildman–Crippen MR) is 71.4 cm³/mol. The average molecular weight is 286 g/mol. The number of rotatable bonds is 5. The first-order valence-electron chi connectivity index (χ1n) is 5.17. The zero-order valence-electron chi connectivity index (χ0n) is 9.99. The third kappa shape index (κ3) is 3.08. The Labute approximate surface area is 114 Å². The Balaban J connectivity index is 2.26. The third-order valence-electron chi connectivity index (χ3n) is 2.18. The first-order chi connectivity index (χ1) is 8.70. The van der Waals surface area contributed by atoms with Gasteiger partial charge in [0, 0.05) is 19.3 Å². The Hall–Kier alpha value is -1.41. The van der Waals surface area contributed by atoms with Crippen LogP contribution in [0.2, 0.25) is 5.28 Å². The van der Waals surface area contributed by atoms with Crippen LogP contribution in [0.1, 0.15) is 0 Å². The number of thioether (sulfide) groups is 1. The summed E-state index contributed by atoms with van der Waals surface area (Å²) in [5, 5.41) is 4.10. The van der Waals surface area contributed by atoms with Crippen molar-refractivity contribution in [2.24, 2.45) is 0 Å². The van der Waals surface area contributed by atoms with Crippen LogP contribution in [0, 0.1) is 0 Å². The van der Waals surface area contributed by atoms with E-state index >= 15 is 0 Å². The minimum atomic E-state index is 0.140. The summed E-state index contributed by atoms with van der Waals surface area (Å²) in [5.41, 5.74) is 0. The molecule has 0 saturated carbocycles. The van der Waals surface area contributed by atoms with E-state index in [2.05, 4.69) is 31.3 Å². The SMILES string of the molecule is CSCCN(C)c1nc(Cl)nc(-n2cncn2)n1. The normalized spacial score (nSPS) is 10.6. The van der Waals surface area contributed by atoms with Gasteiger partial charge >= 0.3 is 0 Å². The van der Waals surface area contributed by atoms with E-state index in [-0.39, 0.29) is 5.28 Å². The fraction of sp³-hybridized carbons (Fsp3) is 0.444. The van der Waals surface area contributed by atoms with Gasteiger partial charge in [-0.3, -0.25) is 0 Å². The Kier molecular flexibility index (Phi) is 4.32. The van der Waals surface area contributed by atoms with Gasteiger partial charge in [0.15, 0.2) is 0 Å². The van der Waals surface area contributed by atoms with Gasteiger partial charge in [-0.1, -0.05) is 0 Å². The van der Waals surface area contributed by atoms with Crippen LogP contribution in [-0.2, 0) is 0 Å². The summed E-state index contributed by atoms with van der Waals surface area (Å²) in [6.07, 6.45) is 4.97. The molecule has 0 aromatic carbocycles. The Morgan fingerprint density at radius 1 is 1.39 bits per heavy atom. The largest absolute Gasteiger partial charge is 0.343 e. The van der Waals surface area contributed by atoms with Crippen molar-refractivity contribution in [3.8, 4) is 5.95 Å². The lowest BCUT2D eigenvalue weighted by atomic mass is 10.6. The minimum absolute atomic E-state index is 0.140. The highest BCUT2D eigenvalue weighted by atomic mass is 35.5. The standard InChI is InChI=1S/C9H12ClN7S/c1-16(3-4-18-2)8-13-7(10)14-9(15-8)17-6-11-5-12-17/h5-6H,3-4H2,1-2H3. The van der Waals surface area contributed by atoms with Crippen LogP contribution in [0.25, 0.3) is 5.95 Å². The van der Waals surface area contributed by atoms with Crippen molar-refractivity contribution in [1.82, 2.24) is 29.7 Å². The number of hydrogen-bond acceptors (Lipinski definition) is 7. The van der Waals surface area contributed by atoms with Crippen molar-refractivity contribution >= 4 is 29.3 Å². The Morgan fingerprint density at radius 2 is 2.22 bits per heavy atom. The van der Waals surface area contributed by atoms with Gasteiger partial charge in [0.05, 0.1) is 0 Å². The van der Waals surface area contributed by atoms with Crippen LogP contribution in [0.15, 0.2) is 12.7 Å². The van der Waals surface area contributed by atoms with Crippen molar-refractivity contribution in [2.45, 2.75) is 0 Å². The number of hydrogen-bond donors (Lipinski definition) is 0. The van der Waals surface area contributed by atoms with Crippen molar-refractivity contribution < 1.29 is 0 Å². The molecule has 0 radical (unpaired) electrons. The molecule has 2 heterocycles. The van der Waals surface area contributed by atoms with E-state index in [0.717, 1.165) is 12.3 Å². The molecule has 2 aromatic rings. The van der Waals surface area contributed by atoms with Crippen LogP contribution in [-0.4, -0.2) is 55.3 Å². The Morgan fingerprint density at radius 3 is 2.89 bits per heavy atom. The van der Waals surface area contributed by atoms with E-state index in [1.54, 1.807) is 11.8 Å². The summed E-state index contributed by atoms with van der Waals surface area (Å²) in [4.78, 5) is 18.2. The first kappa shape index (κ1) is 13.0. The molecule has 0 saturated heterocycles. The summed E-state index contributed by atoms with van der Waals surface area (Å²) < 4.78 is 1.44. The molecule has 0 fully saturated rings. The van der Waals surface area contributed by atoms with Crippen LogP contribution in [0.5, 0.6) is 0 Å². The highest BCUT2D eigenvalue weighted by Crippen LogP contribution is 2.12. The summed E-state index contributed by atoms with van der Waals surface area (Å²) in [7, 11) is 1.91. The monoisotopic (exact) mass is 285 g/mol. The Bertz CT molecular complexity index is 504. The van der Waals surface area contributed by atoms with Crippen molar-refractivity contribution in [1.29, 1.82) is 0 Å². The van der Waals surface area contributed by atoms with Crippen molar-refractivity contribution in [2.75, 3.05) is 30.5 Å². The maximum Gasteiger partial charge on any atom is 0.258 e. The first-order valence-corrected chi connectivity index (χ1v) is 6.94. The molecular weight excluding hydrogens is 274 g/mol. The molecule has 0 bridgehead atoms. The molecule has 18 heavy (non-hydrogen) atoms. The van der Waals surface area contributed by atoms with Gasteiger partial charge in [-0.05, 0) is 17.9 Å². The van der Waals surface area contributed by atoms with Crippen molar-refractivity contribution in [3.63, 3.8) is 0 Å². The average Bonchev–Trinajstić information content (AvgIpc) is 2.89. The number of nitrogens with zero attached hydrogens (tertiary/aromatic N) is 7. The molecule has 96 valence electrons. The van der Waals surface area contributed by atoms with Crippen LogP contribution in [0.3, 0.4) is 0 Å². The molecule has 2 aromatic heterocycles. The fourth-order valence-electron chi connectivity index (χ4n) is 1.24. The summed E-state index contributed by atoms with van der Waals surface area (Å²) in [5.74, 6) is 1.87. The number of aromatic nitrogens is 6. The van der Waals surface area contributed by atoms with Crippen LogP contribution in [0.4, 0.5) is 5.95 Å². The van der Waals surface area contributed by atoms with E-state index in [1.807, 2.05) is 11.9 Å². The van der Waals surface area contributed by atoms with Gasteiger partial charge in [-0.15, -0.1) is 0 Å².